The molecule has 1 aliphatic rings. The molecule has 1 unspecified atom stereocenters. The minimum Gasteiger partial charge on any atom is -0.260 e. The van der Waals surface area contributed by atoms with Crippen LogP contribution in [0.15, 0.2) is 0 Å². The molecule has 1 saturated heterocycles. The Morgan fingerprint density at radius 1 is 1.50 bits per heavy atom. The number of hydrogen-bond acceptors (Lipinski definition) is 3. The van der Waals surface area contributed by atoms with Crippen molar-refractivity contribution in [2.45, 2.75) is 18.9 Å². The molecule has 0 aromatic heterocycles. The summed E-state index contributed by atoms with van der Waals surface area (Å²) in [6.07, 6.45) is 2.92. The lowest BCUT2D eigenvalue weighted by Crippen LogP contribution is -2.38. The Kier molecular flexibility index (Phi) is 3.25. The summed E-state index contributed by atoms with van der Waals surface area (Å²) < 4.78 is 31.9. The van der Waals surface area contributed by atoms with Crippen molar-refractivity contribution in [1.29, 1.82) is 4.78 Å². The Bertz CT molecular complexity index is 263. The van der Waals surface area contributed by atoms with Crippen LogP contribution in [0.1, 0.15) is 12.8 Å². The molecule has 1 fully saturated rings. The molecule has 0 spiro atoms. The van der Waals surface area contributed by atoms with Gasteiger partial charge in [-0.1, -0.05) is 0 Å². The van der Waals surface area contributed by atoms with Crippen LogP contribution in [-0.2, 0) is 20.7 Å². The van der Waals surface area contributed by atoms with E-state index in [0.717, 1.165) is 12.8 Å². The number of rotatable bonds is 2. The van der Waals surface area contributed by atoms with Crippen LogP contribution < -0.4 is 4.72 Å². The molecule has 2 N–H and O–H groups in total. The van der Waals surface area contributed by atoms with Crippen molar-refractivity contribution in [3.63, 3.8) is 0 Å². The molecule has 0 saturated carbocycles. The van der Waals surface area contributed by atoms with Crippen LogP contribution in [0.3, 0.4) is 0 Å². The van der Waals surface area contributed by atoms with Gasteiger partial charge in [-0.2, -0.15) is 0 Å². The van der Waals surface area contributed by atoms with Crippen LogP contribution in [0.5, 0.6) is 0 Å². The average Bonchev–Trinajstić information content (AvgIpc) is 1.91. The molecule has 1 rings (SSSR count). The van der Waals surface area contributed by atoms with E-state index in [1.165, 1.54) is 6.26 Å². The molecule has 0 aromatic rings. The molecule has 6 heteroatoms. The summed E-state index contributed by atoms with van der Waals surface area (Å²) in [5, 5.41) is 0. The molecular formula is C6H14N2O2S2. The summed E-state index contributed by atoms with van der Waals surface area (Å²) in [6.45, 7) is 0. The van der Waals surface area contributed by atoms with Gasteiger partial charge in [-0.3, -0.25) is 4.21 Å². The number of nitrogens with one attached hydrogen (secondary N) is 2. The van der Waals surface area contributed by atoms with Crippen molar-refractivity contribution in [1.82, 2.24) is 4.72 Å². The molecule has 0 amide bonds. The first kappa shape index (κ1) is 10.1. The van der Waals surface area contributed by atoms with E-state index in [1.807, 2.05) is 0 Å². The van der Waals surface area contributed by atoms with Crippen LogP contribution >= 0.6 is 0 Å². The molecule has 1 aliphatic heterocycles. The maximum absolute atomic E-state index is 11.0. The van der Waals surface area contributed by atoms with E-state index >= 15 is 0 Å². The first-order chi connectivity index (χ1) is 5.47. The molecular weight excluding hydrogens is 196 g/mol. The highest BCUT2D eigenvalue weighted by Crippen LogP contribution is 2.09. The van der Waals surface area contributed by atoms with Crippen molar-refractivity contribution in [3.8, 4) is 0 Å². The van der Waals surface area contributed by atoms with Crippen molar-refractivity contribution < 1.29 is 8.42 Å². The van der Waals surface area contributed by atoms with Gasteiger partial charge in [-0.25, -0.2) is 13.7 Å². The van der Waals surface area contributed by atoms with Crippen LogP contribution in [0.4, 0.5) is 0 Å². The van der Waals surface area contributed by atoms with Gasteiger partial charge < -0.3 is 0 Å². The van der Waals surface area contributed by atoms with Gasteiger partial charge >= 0.3 is 0 Å². The second-order valence-electron chi connectivity index (χ2n) is 3.08. The third-order valence-electron chi connectivity index (χ3n) is 1.78. The average molecular weight is 210 g/mol. The van der Waals surface area contributed by atoms with E-state index in [0.29, 0.717) is 11.5 Å². The van der Waals surface area contributed by atoms with E-state index < -0.39 is 20.7 Å². The zero-order valence-corrected chi connectivity index (χ0v) is 8.67. The fourth-order valence-corrected chi connectivity index (χ4v) is 3.40. The summed E-state index contributed by atoms with van der Waals surface area (Å²) in [5.41, 5.74) is 0. The van der Waals surface area contributed by atoms with E-state index in [9.17, 15) is 8.42 Å². The van der Waals surface area contributed by atoms with Crippen molar-refractivity contribution in [3.05, 3.63) is 0 Å². The molecule has 72 valence electrons. The fraction of sp³-hybridized carbons (Fsp3) is 1.00. The molecule has 4 nitrogen and oxygen atoms in total. The monoisotopic (exact) mass is 210 g/mol. The molecule has 12 heavy (non-hydrogen) atoms. The summed E-state index contributed by atoms with van der Waals surface area (Å²) >= 11 is 0. The van der Waals surface area contributed by atoms with E-state index in [-0.39, 0.29) is 6.04 Å². The number of hydrogen-bond donors (Lipinski definition) is 2. The summed E-state index contributed by atoms with van der Waals surface area (Å²) in [7, 11) is -3.27. The highest BCUT2D eigenvalue weighted by Gasteiger charge is 2.18. The minimum absolute atomic E-state index is 0.123. The Morgan fingerprint density at radius 2 is 2.00 bits per heavy atom. The third-order valence-corrected chi connectivity index (χ3v) is 3.94. The molecule has 1 heterocycles. The van der Waals surface area contributed by atoms with Gasteiger partial charge in [-0.05, 0) is 12.8 Å². The van der Waals surface area contributed by atoms with Gasteiger partial charge in [0.15, 0.2) is 0 Å². The van der Waals surface area contributed by atoms with Gasteiger partial charge in [0.25, 0.3) is 0 Å². The zero-order chi connectivity index (χ0) is 9.19. The van der Waals surface area contributed by atoms with Crippen molar-refractivity contribution in [2.24, 2.45) is 0 Å². The fourth-order valence-electron chi connectivity index (χ4n) is 1.23. The van der Waals surface area contributed by atoms with E-state index in [2.05, 4.69) is 4.72 Å². The first-order valence-corrected chi connectivity index (χ1v) is 7.29. The lowest BCUT2D eigenvalue weighted by Gasteiger charge is -2.22. The lowest BCUT2D eigenvalue weighted by molar-refractivity contribution is 0.552. The predicted octanol–water partition coefficient (Wildman–Crippen LogP) is 0.0787. The van der Waals surface area contributed by atoms with Gasteiger partial charge in [0.05, 0.1) is 0 Å². The third kappa shape index (κ3) is 3.64. The van der Waals surface area contributed by atoms with Crippen LogP contribution in [-0.4, -0.2) is 32.2 Å². The minimum atomic E-state index is -2.59. The highest BCUT2D eigenvalue weighted by atomic mass is 32.2. The SMILES string of the molecule is CS(=N)(=O)NC1CCS(=O)CC1. The smallest absolute Gasteiger partial charge is 0.102 e. The maximum Gasteiger partial charge on any atom is 0.102 e. The molecule has 0 aliphatic carbocycles. The molecule has 0 radical (unpaired) electrons. The standard InChI is InChI=1S/C6H14N2O2S2/c1-12(7,10)8-6-2-4-11(9)5-3-6/h6H,2-5H2,1H3,(H2,7,8,10). The van der Waals surface area contributed by atoms with Crippen molar-refractivity contribution in [2.75, 3.05) is 17.8 Å². The topological polar surface area (TPSA) is 70.0 Å². The summed E-state index contributed by atoms with van der Waals surface area (Å²) in [4.78, 5) is 0. The first-order valence-electron chi connectivity index (χ1n) is 3.83. The predicted molar refractivity (Wildman–Crippen MR) is 50.8 cm³/mol. The second-order valence-corrected chi connectivity index (χ2v) is 6.70. The molecule has 0 bridgehead atoms. The van der Waals surface area contributed by atoms with Crippen molar-refractivity contribution >= 4 is 20.7 Å². The second kappa shape index (κ2) is 3.85. The van der Waals surface area contributed by atoms with E-state index in [1.54, 1.807) is 0 Å². The Labute approximate surface area is 75.7 Å². The van der Waals surface area contributed by atoms with E-state index in [4.69, 9.17) is 4.78 Å². The summed E-state index contributed by atoms with van der Waals surface area (Å²) in [6, 6.07) is 0.123. The largest absolute Gasteiger partial charge is 0.260 e. The Hall–Kier alpha value is 0.0600. The Morgan fingerprint density at radius 3 is 2.42 bits per heavy atom. The maximum atomic E-state index is 11.0. The van der Waals surface area contributed by atoms with Gasteiger partial charge in [-0.15, -0.1) is 0 Å². The molecule has 0 aromatic carbocycles. The quantitative estimate of drug-likeness (QED) is 0.677. The normalized spacial score (nSPS) is 35.8. The van der Waals surface area contributed by atoms with Gasteiger partial charge in [0, 0.05) is 34.6 Å². The van der Waals surface area contributed by atoms with Gasteiger partial charge in [0.1, 0.15) is 9.92 Å². The zero-order valence-electron chi connectivity index (χ0n) is 7.04. The van der Waals surface area contributed by atoms with Crippen LogP contribution in [0.2, 0.25) is 0 Å². The van der Waals surface area contributed by atoms with Crippen LogP contribution in [0, 0.1) is 4.78 Å². The Balaban J connectivity index is 2.41. The van der Waals surface area contributed by atoms with Gasteiger partial charge in [0.2, 0.25) is 0 Å². The lowest BCUT2D eigenvalue weighted by atomic mass is 10.2. The molecule has 1 atom stereocenters. The summed E-state index contributed by atoms with van der Waals surface area (Å²) in [5.74, 6) is 1.35. The highest BCUT2D eigenvalue weighted by molar-refractivity contribution is 7.89. The van der Waals surface area contributed by atoms with Crippen LogP contribution in [0.25, 0.3) is 0 Å².